The molecule has 1 aliphatic heterocycles. The van der Waals surface area contributed by atoms with Crippen molar-refractivity contribution in [3.05, 3.63) is 65.7 Å². The number of nitrogens with one attached hydrogen (secondary N) is 2. The molecule has 1 amide bonds. The molecule has 0 saturated carbocycles. The van der Waals surface area contributed by atoms with Crippen molar-refractivity contribution >= 4 is 28.9 Å². The quantitative estimate of drug-likeness (QED) is 0.822. The fraction of sp³-hybridized carbons (Fsp3) is 0.263. The van der Waals surface area contributed by atoms with E-state index >= 15 is 0 Å². The Morgan fingerprint density at radius 1 is 1.08 bits per heavy atom. The van der Waals surface area contributed by atoms with Gasteiger partial charge in [-0.25, -0.2) is 0 Å². The molecule has 124 valence electrons. The number of benzene rings is 2. The number of hydrogen-bond acceptors (Lipinski definition) is 3. The largest absolute Gasteiger partial charge is 0.378 e. The van der Waals surface area contributed by atoms with Crippen LogP contribution in [0.25, 0.3) is 0 Å². The van der Waals surface area contributed by atoms with Crippen LogP contribution in [-0.4, -0.2) is 31.2 Å². The van der Waals surface area contributed by atoms with Gasteiger partial charge < -0.3 is 15.5 Å². The van der Waals surface area contributed by atoms with Crippen LogP contribution in [0.3, 0.4) is 0 Å². The van der Waals surface area contributed by atoms with Gasteiger partial charge >= 0.3 is 0 Å². The summed E-state index contributed by atoms with van der Waals surface area (Å²) < 4.78 is 0. The number of hydrogen-bond donors (Lipinski definition) is 2. The zero-order valence-electron chi connectivity index (χ0n) is 13.8. The molecular formula is C19H21N3OS. The second-order valence-corrected chi connectivity index (χ2v) is 6.63. The lowest BCUT2D eigenvalue weighted by Gasteiger charge is -2.23. The molecule has 4 nitrogen and oxygen atoms in total. The zero-order chi connectivity index (χ0) is 17.1. The van der Waals surface area contributed by atoms with Crippen molar-refractivity contribution in [3.8, 4) is 0 Å². The standard InChI is InChI=1S/C19H21N3OS/c1-22(2)15-10-8-14(9-11-15)16(12-13-6-4-3-5-7-13)17-18(23)21-19(24)20-17/h3-11,16-17H,12H2,1-2H3,(H2,20,21,23,24). The van der Waals surface area contributed by atoms with E-state index in [0.717, 1.165) is 17.7 Å². The second-order valence-electron chi connectivity index (χ2n) is 6.22. The summed E-state index contributed by atoms with van der Waals surface area (Å²) in [6.45, 7) is 0. The minimum Gasteiger partial charge on any atom is -0.378 e. The lowest BCUT2D eigenvalue weighted by Crippen LogP contribution is -2.36. The molecule has 2 N–H and O–H groups in total. The van der Waals surface area contributed by atoms with Crippen molar-refractivity contribution in [2.24, 2.45) is 0 Å². The highest BCUT2D eigenvalue weighted by molar-refractivity contribution is 7.80. The molecule has 5 heteroatoms. The molecule has 2 aromatic carbocycles. The highest BCUT2D eigenvalue weighted by Crippen LogP contribution is 2.28. The molecule has 2 atom stereocenters. The first kappa shape index (κ1) is 16.5. The lowest BCUT2D eigenvalue weighted by atomic mass is 9.85. The van der Waals surface area contributed by atoms with Crippen molar-refractivity contribution in [1.82, 2.24) is 10.6 Å². The van der Waals surface area contributed by atoms with Crippen LogP contribution in [0.15, 0.2) is 54.6 Å². The Kier molecular flexibility index (Phi) is 4.81. The van der Waals surface area contributed by atoms with Crippen molar-refractivity contribution < 1.29 is 4.79 Å². The van der Waals surface area contributed by atoms with E-state index in [9.17, 15) is 4.79 Å². The number of amides is 1. The Labute approximate surface area is 147 Å². The van der Waals surface area contributed by atoms with E-state index in [2.05, 4.69) is 51.9 Å². The third-order valence-electron chi connectivity index (χ3n) is 4.34. The molecule has 2 unspecified atom stereocenters. The minimum absolute atomic E-state index is 0.0177. The number of rotatable bonds is 5. The van der Waals surface area contributed by atoms with Gasteiger partial charge in [0.05, 0.1) is 0 Å². The molecule has 0 aromatic heterocycles. The summed E-state index contributed by atoms with van der Waals surface area (Å²) in [5.74, 6) is -0.0401. The van der Waals surface area contributed by atoms with E-state index < -0.39 is 0 Å². The van der Waals surface area contributed by atoms with Gasteiger partial charge in [0.1, 0.15) is 6.04 Å². The van der Waals surface area contributed by atoms with Gasteiger partial charge in [-0.15, -0.1) is 0 Å². The summed E-state index contributed by atoms with van der Waals surface area (Å²) in [5, 5.41) is 6.24. The first-order chi connectivity index (χ1) is 11.5. The first-order valence-electron chi connectivity index (χ1n) is 7.97. The van der Waals surface area contributed by atoms with E-state index in [1.54, 1.807) is 0 Å². The molecule has 1 saturated heterocycles. The van der Waals surface area contributed by atoms with E-state index in [1.807, 2.05) is 32.3 Å². The fourth-order valence-corrected chi connectivity index (χ4v) is 3.26. The predicted octanol–water partition coefficient (Wildman–Crippen LogP) is 2.45. The average Bonchev–Trinajstić information content (AvgIpc) is 2.92. The normalized spacial score (nSPS) is 18.0. The monoisotopic (exact) mass is 339 g/mol. The predicted molar refractivity (Wildman–Crippen MR) is 101 cm³/mol. The van der Waals surface area contributed by atoms with Gasteiger partial charge in [-0.2, -0.15) is 0 Å². The first-order valence-corrected chi connectivity index (χ1v) is 8.38. The lowest BCUT2D eigenvalue weighted by molar-refractivity contribution is -0.120. The van der Waals surface area contributed by atoms with E-state index in [0.29, 0.717) is 5.11 Å². The highest BCUT2D eigenvalue weighted by Gasteiger charge is 2.35. The van der Waals surface area contributed by atoms with Crippen LogP contribution in [0.2, 0.25) is 0 Å². The molecule has 24 heavy (non-hydrogen) atoms. The van der Waals surface area contributed by atoms with Gasteiger partial charge in [0, 0.05) is 25.7 Å². The molecule has 3 rings (SSSR count). The van der Waals surface area contributed by atoms with Crippen LogP contribution < -0.4 is 15.5 Å². The molecule has 0 aliphatic carbocycles. The van der Waals surface area contributed by atoms with Gasteiger partial charge in [0.15, 0.2) is 5.11 Å². The van der Waals surface area contributed by atoms with Gasteiger partial charge in [-0.1, -0.05) is 42.5 Å². The smallest absolute Gasteiger partial charge is 0.249 e. The molecule has 1 aliphatic rings. The molecular weight excluding hydrogens is 318 g/mol. The van der Waals surface area contributed by atoms with Crippen molar-refractivity contribution in [2.45, 2.75) is 18.4 Å². The SMILES string of the molecule is CN(C)c1ccc(C(Cc2ccccc2)C2NC(=S)NC2=O)cc1. The van der Waals surface area contributed by atoms with Gasteiger partial charge in [0.25, 0.3) is 0 Å². The number of nitrogens with zero attached hydrogens (tertiary/aromatic N) is 1. The summed E-state index contributed by atoms with van der Waals surface area (Å²) in [6, 6.07) is 18.2. The van der Waals surface area contributed by atoms with Crippen LogP contribution >= 0.6 is 12.2 Å². The fourth-order valence-electron chi connectivity index (χ4n) is 3.03. The molecule has 1 heterocycles. The molecule has 0 bridgehead atoms. The van der Waals surface area contributed by atoms with Crippen molar-refractivity contribution in [3.63, 3.8) is 0 Å². The maximum absolute atomic E-state index is 12.3. The average molecular weight is 339 g/mol. The summed E-state index contributed by atoms with van der Waals surface area (Å²) in [4.78, 5) is 14.4. The van der Waals surface area contributed by atoms with Crippen LogP contribution in [0, 0.1) is 0 Å². The van der Waals surface area contributed by atoms with Crippen molar-refractivity contribution in [2.75, 3.05) is 19.0 Å². The topological polar surface area (TPSA) is 44.4 Å². The number of thiocarbonyl (C=S) groups is 1. The number of carbonyl (C=O) groups excluding carboxylic acids is 1. The molecule has 1 fully saturated rings. The Bertz CT molecular complexity index is 728. The third-order valence-corrected chi connectivity index (χ3v) is 4.56. The van der Waals surface area contributed by atoms with Gasteiger partial charge in [-0.05, 0) is 41.9 Å². The molecule has 0 spiro atoms. The van der Waals surface area contributed by atoms with E-state index in [1.165, 1.54) is 5.56 Å². The van der Waals surface area contributed by atoms with Gasteiger partial charge in [0.2, 0.25) is 5.91 Å². The zero-order valence-corrected chi connectivity index (χ0v) is 14.6. The Hall–Kier alpha value is -2.40. The van der Waals surface area contributed by atoms with Crippen LogP contribution in [0.4, 0.5) is 5.69 Å². The maximum atomic E-state index is 12.3. The summed E-state index contributed by atoms with van der Waals surface area (Å²) in [5.41, 5.74) is 3.46. The second kappa shape index (κ2) is 7.01. The van der Waals surface area contributed by atoms with Crippen molar-refractivity contribution in [1.29, 1.82) is 0 Å². The Morgan fingerprint density at radius 2 is 1.75 bits per heavy atom. The maximum Gasteiger partial charge on any atom is 0.249 e. The third kappa shape index (κ3) is 3.57. The van der Waals surface area contributed by atoms with Crippen LogP contribution in [0.1, 0.15) is 17.0 Å². The number of anilines is 1. The van der Waals surface area contributed by atoms with Gasteiger partial charge in [-0.3, -0.25) is 4.79 Å². The summed E-state index contributed by atoms with van der Waals surface area (Å²) in [7, 11) is 4.03. The van der Waals surface area contributed by atoms with Crippen LogP contribution in [0.5, 0.6) is 0 Å². The molecule has 0 radical (unpaired) electrons. The Morgan fingerprint density at radius 3 is 2.29 bits per heavy atom. The Balaban J connectivity index is 1.92. The highest BCUT2D eigenvalue weighted by atomic mass is 32.1. The van der Waals surface area contributed by atoms with E-state index in [4.69, 9.17) is 12.2 Å². The number of carbonyl (C=O) groups is 1. The summed E-state index contributed by atoms with van der Waals surface area (Å²) in [6.07, 6.45) is 0.774. The van der Waals surface area contributed by atoms with E-state index in [-0.39, 0.29) is 17.9 Å². The minimum atomic E-state index is -0.345. The molecule has 2 aromatic rings. The summed E-state index contributed by atoms with van der Waals surface area (Å²) >= 11 is 5.11. The van der Waals surface area contributed by atoms with Crippen LogP contribution in [-0.2, 0) is 11.2 Å².